The summed E-state index contributed by atoms with van der Waals surface area (Å²) < 4.78 is 12.3. The number of nitrogens with one attached hydrogen (secondary N) is 1. The number of morpholine rings is 1. The number of para-hydroxylation sites is 1. The molecule has 1 fully saturated rings. The zero-order chi connectivity index (χ0) is 20.1. The van der Waals surface area contributed by atoms with E-state index < -0.39 is 0 Å². The lowest BCUT2D eigenvalue weighted by atomic mass is 10.2. The van der Waals surface area contributed by atoms with Crippen LogP contribution < -0.4 is 15.6 Å². The van der Waals surface area contributed by atoms with Crippen LogP contribution in [0.2, 0.25) is 0 Å². The van der Waals surface area contributed by atoms with Gasteiger partial charge in [0.1, 0.15) is 5.75 Å². The van der Waals surface area contributed by atoms with Crippen LogP contribution in [0.3, 0.4) is 0 Å². The van der Waals surface area contributed by atoms with E-state index in [0.29, 0.717) is 16.9 Å². The summed E-state index contributed by atoms with van der Waals surface area (Å²) in [4.78, 5) is 20.3. The number of fused-ring (bicyclic) bond motifs is 1. The molecule has 0 bridgehead atoms. The first-order valence-electron chi connectivity index (χ1n) is 9.96. The fraction of sp³-hybridized carbons (Fsp3) is 0.364. The Bertz CT molecular complexity index is 1010. The van der Waals surface area contributed by atoms with Crippen molar-refractivity contribution in [2.45, 2.75) is 6.42 Å². The molecule has 29 heavy (non-hydrogen) atoms. The van der Waals surface area contributed by atoms with Crippen molar-refractivity contribution in [3.05, 3.63) is 58.9 Å². The SMILES string of the molecule is COc1ccc(-n2c(NCCCN3CCOCC3)nc3ccccc3c2=O)cc1. The molecule has 7 heteroatoms. The van der Waals surface area contributed by atoms with Crippen LogP contribution in [-0.4, -0.2) is 61.0 Å². The van der Waals surface area contributed by atoms with Gasteiger partial charge in [-0.05, 0) is 49.4 Å². The molecule has 1 aliphatic heterocycles. The maximum absolute atomic E-state index is 13.2. The van der Waals surface area contributed by atoms with Gasteiger partial charge in [0.2, 0.25) is 5.95 Å². The van der Waals surface area contributed by atoms with Gasteiger partial charge >= 0.3 is 0 Å². The minimum atomic E-state index is -0.0866. The molecule has 0 saturated carbocycles. The number of hydrogen-bond donors (Lipinski definition) is 1. The van der Waals surface area contributed by atoms with Gasteiger partial charge in [-0.3, -0.25) is 9.69 Å². The first kappa shape index (κ1) is 19.4. The van der Waals surface area contributed by atoms with E-state index in [2.05, 4.69) is 10.2 Å². The summed E-state index contributed by atoms with van der Waals surface area (Å²) in [6.07, 6.45) is 0.964. The van der Waals surface area contributed by atoms with Gasteiger partial charge in [0.15, 0.2) is 0 Å². The third-order valence-corrected chi connectivity index (χ3v) is 5.14. The van der Waals surface area contributed by atoms with Crippen LogP contribution in [0, 0.1) is 0 Å². The molecule has 152 valence electrons. The van der Waals surface area contributed by atoms with Crippen molar-refractivity contribution in [2.75, 3.05) is 51.8 Å². The minimum absolute atomic E-state index is 0.0866. The number of rotatable bonds is 7. The normalized spacial score (nSPS) is 14.8. The molecule has 1 saturated heterocycles. The Morgan fingerprint density at radius 3 is 2.62 bits per heavy atom. The van der Waals surface area contributed by atoms with Crippen LogP contribution in [0.25, 0.3) is 16.6 Å². The van der Waals surface area contributed by atoms with Gasteiger partial charge in [0.25, 0.3) is 5.56 Å². The molecule has 7 nitrogen and oxygen atoms in total. The largest absolute Gasteiger partial charge is 0.497 e. The fourth-order valence-corrected chi connectivity index (χ4v) is 3.55. The van der Waals surface area contributed by atoms with E-state index in [1.165, 1.54) is 0 Å². The van der Waals surface area contributed by atoms with Crippen LogP contribution in [0.15, 0.2) is 53.3 Å². The molecular weight excluding hydrogens is 368 g/mol. The highest BCUT2D eigenvalue weighted by Crippen LogP contribution is 2.19. The standard InChI is InChI=1S/C22H26N4O3/c1-28-18-9-7-17(8-10-18)26-21(27)19-5-2-3-6-20(19)24-22(26)23-11-4-12-25-13-15-29-16-14-25/h2-3,5-10H,4,11-16H2,1H3,(H,23,24). The molecule has 0 atom stereocenters. The summed E-state index contributed by atoms with van der Waals surface area (Å²) in [5.41, 5.74) is 1.36. The molecular formula is C22H26N4O3. The van der Waals surface area contributed by atoms with Gasteiger partial charge in [0.05, 0.1) is 36.9 Å². The summed E-state index contributed by atoms with van der Waals surface area (Å²) in [6.45, 7) is 5.29. The quantitative estimate of drug-likeness (QED) is 0.621. The Balaban J connectivity index is 1.59. The zero-order valence-electron chi connectivity index (χ0n) is 16.6. The van der Waals surface area contributed by atoms with E-state index in [1.54, 1.807) is 11.7 Å². The van der Waals surface area contributed by atoms with Crippen LogP contribution in [0.1, 0.15) is 6.42 Å². The Morgan fingerprint density at radius 2 is 1.86 bits per heavy atom. The number of nitrogens with zero attached hydrogens (tertiary/aromatic N) is 3. The summed E-state index contributed by atoms with van der Waals surface area (Å²) in [6, 6.07) is 14.9. The first-order valence-corrected chi connectivity index (χ1v) is 9.96. The van der Waals surface area contributed by atoms with Crippen molar-refractivity contribution < 1.29 is 9.47 Å². The smallest absolute Gasteiger partial charge is 0.267 e. The molecule has 0 amide bonds. The predicted octanol–water partition coefficient (Wildman–Crippen LogP) is 2.53. The molecule has 1 aliphatic rings. The fourth-order valence-electron chi connectivity index (χ4n) is 3.55. The van der Waals surface area contributed by atoms with Gasteiger partial charge in [0, 0.05) is 19.6 Å². The molecule has 0 unspecified atom stereocenters. The topological polar surface area (TPSA) is 68.6 Å². The maximum Gasteiger partial charge on any atom is 0.267 e. The van der Waals surface area contributed by atoms with Gasteiger partial charge < -0.3 is 14.8 Å². The third kappa shape index (κ3) is 4.41. The Hall–Kier alpha value is -2.90. The van der Waals surface area contributed by atoms with Gasteiger partial charge in [-0.2, -0.15) is 0 Å². The Labute approximate surface area is 169 Å². The Morgan fingerprint density at radius 1 is 1.10 bits per heavy atom. The highest BCUT2D eigenvalue weighted by atomic mass is 16.5. The van der Waals surface area contributed by atoms with Crippen LogP contribution >= 0.6 is 0 Å². The average Bonchev–Trinajstić information content (AvgIpc) is 2.78. The first-order chi connectivity index (χ1) is 14.3. The lowest BCUT2D eigenvalue weighted by Crippen LogP contribution is -2.37. The summed E-state index contributed by atoms with van der Waals surface area (Å²) in [5, 5.41) is 3.97. The van der Waals surface area contributed by atoms with E-state index in [4.69, 9.17) is 14.5 Å². The highest BCUT2D eigenvalue weighted by molar-refractivity contribution is 5.79. The van der Waals surface area contributed by atoms with Crippen molar-refractivity contribution in [1.29, 1.82) is 0 Å². The molecule has 2 aromatic carbocycles. The number of aromatic nitrogens is 2. The molecule has 3 aromatic rings. The second-order valence-corrected chi connectivity index (χ2v) is 7.03. The summed E-state index contributed by atoms with van der Waals surface area (Å²) in [5.74, 6) is 1.30. The number of anilines is 1. The number of methoxy groups -OCH3 is 1. The molecule has 0 aliphatic carbocycles. The van der Waals surface area contributed by atoms with Gasteiger partial charge in [-0.1, -0.05) is 12.1 Å². The van der Waals surface area contributed by atoms with Crippen molar-refractivity contribution in [1.82, 2.24) is 14.5 Å². The number of ether oxygens (including phenoxy) is 2. The highest BCUT2D eigenvalue weighted by Gasteiger charge is 2.13. The second kappa shape index (κ2) is 9.07. The minimum Gasteiger partial charge on any atom is -0.497 e. The summed E-state index contributed by atoms with van der Waals surface area (Å²) >= 11 is 0. The van der Waals surface area contributed by atoms with Crippen LogP contribution in [0.5, 0.6) is 5.75 Å². The average molecular weight is 394 g/mol. The molecule has 1 aromatic heterocycles. The van der Waals surface area contributed by atoms with Crippen molar-refractivity contribution >= 4 is 16.9 Å². The van der Waals surface area contributed by atoms with Crippen molar-refractivity contribution in [3.63, 3.8) is 0 Å². The Kier molecular flexibility index (Phi) is 6.07. The molecule has 4 rings (SSSR count). The third-order valence-electron chi connectivity index (χ3n) is 5.14. The summed E-state index contributed by atoms with van der Waals surface area (Å²) in [7, 11) is 1.63. The van der Waals surface area contributed by atoms with Gasteiger partial charge in [-0.15, -0.1) is 0 Å². The van der Waals surface area contributed by atoms with Crippen LogP contribution in [0.4, 0.5) is 5.95 Å². The second-order valence-electron chi connectivity index (χ2n) is 7.03. The van der Waals surface area contributed by atoms with E-state index in [9.17, 15) is 4.79 Å². The lowest BCUT2D eigenvalue weighted by Gasteiger charge is -2.26. The van der Waals surface area contributed by atoms with Crippen LogP contribution in [-0.2, 0) is 4.74 Å². The molecule has 1 N–H and O–H groups in total. The van der Waals surface area contributed by atoms with E-state index in [1.807, 2.05) is 48.5 Å². The van der Waals surface area contributed by atoms with Crippen molar-refractivity contribution in [2.24, 2.45) is 0 Å². The number of hydrogen-bond acceptors (Lipinski definition) is 6. The van der Waals surface area contributed by atoms with E-state index >= 15 is 0 Å². The molecule has 2 heterocycles. The van der Waals surface area contributed by atoms with E-state index in [-0.39, 0.29) is 5.56 Å². The zero-order valence-corrected chi connectivity index (χ0v) is 16.6. The monoisotopic (exact) mass is 394 g/mol. The van der Waals surface area contributed by atoms with Crippen molar-refractivity contribution in [3.8, 4) is 11.4 Å². The molecule has 0 spiro atoms. The lowest BCUT2D eigenvalue weighted by molar-refractivity contribution is 0.0378. The number of benzene rings is 2. The predicted molar refractivity (Wildman–Crippen MR) is 114 cm³/mol. The molecule has 0 radical (unpaired) electrons. The van der Waals surface area contributed by atoms with Gasteiger partial charge in [-0.25, -0.2) is 9.55 Å². The van der Waals surface area contributed by atoms with E-state index in [0.717, 1.165) is 57.3 Å². The maximum atomic E-state index is 13.2.